The molecule has 0 aromatic carbocycles. The molecular formula is C13H27NO7Si. The molecule has 0 spiro atoms. The van der Waals surface area contributed by atoms with Gasteiger partial charge in [-0.1, -0.05) is 6.58 Å². The SMILES string of the molecule is C=CC(=O)OCCCOC(=O)NCCC[SiH2]OC.COOC. The molecule has 0 saturated carbocycles. The summed E-state index contributed by atoms with van der Waals surface area (Å²) in [7, 11) is 4.21. The maximum atomic E-state index is 11.2. The monoisotopic (exact) mass is 337 g/mol. The molecular weight excluding hydrogens is 310 g/mol. The van der Waals surface area contributed by atoms with Gasteiger partial charge in [-0.05, 0) is 12.5 Å². The van der Waals surface area contributed by atoms with Crippen molar-refractivity contribution in [1.82, 2.24) is 5.32 Å². The minimum atomic E-state index is -0.471. The Morgan fingerprint density at radius 1 is 1.09 bits per heavy atom. The first-order valence-electron chi connectivity index (χ1n) is 6.87. The van der Waals surface area contributed by atoms with Gasteiger partial charge in [0.25, 0.3) is 0 Å². The van der Waals surface area contributed by atoms with E-state index in [0.717, 1.165) is 18.5 Å². The Balaban J connectivity index is 0. The second-order valence-corrected chi connectivity index (χ2v) is 5.51. The maximum Gasteiger partial charge on any atom is 0.407 e. The summed E-state index contributed by atoms with van der Waals surface area (Å²) in [6.45, 7) is 4.31. The minimum absolute atomic E-state index is 0.220. The van der Waals surface area contributed by atoms with Crippen molar-refractivity contribution < 1.29 is 33.3 Å². The predicted octanol–water partition coefficient (Wildman–Crippen LogP) is 0.565. The van der Waals surface area contributed by atoms with Gasteiger partial charge in [0.15, 0.2) is 9.76 Å². The number of rotatable bonds is 11. The molecule has 9 heteroatoms. The smallest absolute Gasteiger partial charge is 0.407 e. The van der Waals surface area contributed by atoms with Gasteiger partial charge >= 0.3 is 12.1 Å². The van der Waals surface area contributed by atoms with Crippen LogP contribution in [0.5, 0.6) is 0 Å². The summed E-state index contributed by atoms with van der Waals surface area (Å²) in [5, 5.41) is 2.63. The van der Waals surface area contributed by atoms with Gasteiger partial charge in [0.1, 0.15) is 0 Å². The van der Waals surface area contributed by atoms with Crippen molar-refractivity contribution in [2.45, 2.75) is 18.9 Å². The normalized spacial score (nSPS) is 9.77. The fraction of sp³-hybridized carbons (Fsp3) is 0.692. The van der Waals surface area contributed by atoms with E-state index in [1.807, 2.05) is 0 Å². The number of alkyl carbamates (subject to hydrolysis) is 1. The van der Waals surface area contributed by atoms with Crippen LogP contribution < -0.4 is 5.32 Å². The topological polar surface area (TPSA) is 92.3 Å². The van der Waals surface area contributed by atoms with E-state index < -0.39 is 21.8 Å². The number of ether oxygens (including phenoxy) is 2. The van der Waals surface area contributed by atoms with Crippen LogP contribution >= 0.6 is 0 Å². The fourth-order valence-corrected chi connectivity index (χ4v) is 1.81. The Morgan fingerprint density at radius 3 is 2.27 bits per heavy atom. The fourth-order valence-electron chi connectivity index (χ4n) is 1.07. The third kappa shape index (κ3) is 20.9. The largest absolute Gasteiger partial charge is 0.462 e. The summed E-state index contributed by atoms with van der Waals surface area (Å²) in [5.74, 6) is -0.471. The van der Waals surface area contributed by atoms with Crippen molar-refractivity contribution in [2.75, 3.05) is 41.1 Å². The van der Waals surface area contributed by atoms with Gasteiger partial charge in [-0.25, -0.2) is 19.4 Å². The molecule has 0 saturated heterocycles. The highest BCUT2D eigenvalue weighted by Crippen LogP contribution is 1.90. The highest BCUT2D eigenvalue weighted by molar-refractivity contribution is 6.26. The predicted molar refractivity (Wildman–Crippen MR) is 84.1 cm³/mol. The molecule has 0 aromatic heterocycles. The Kier molecular flexibility index (Phi) is 20.3. The molecule has 130 valence electrons. The second-order valence-electron chi connectivity index (χ2n) is 3.82. The molecule has 0 aliphatic rings. The van der Waals surface area contributed by atoms with Gasteiger partial charge in [0.05, 0.1) is 27.4 Å². The number of carbonyl (C=O) groups is 2. The lowest BCUT2D eigenvalue weighted by atomic mass is 10.5. The number of amides is 1. The molecule has 0 radical (unpaired) electrons. The molecule has 0 aliphatic carbocycles. The molecule has 1 N–H and O–H groups in total. The highest BCUT2D eigenvalue weighted by atomic mass is 28.2. The molecule has 0 atom stereocenters. The van der Waals surface area contributed by atoms with E-state index in [0.29, 0.717) is 13.0 Å². The zero-order valence-corrected chi connectivity index (χ0v) is 15.0. The van der Waals surface area contributed by atoms with E-state index in [2.05, 4.69) is 21.7 Å². The lowest BCUT2D eigenvalue weighted by molar-refractivity contribution is -0.248. The first-order chi connectivity index (χ1) is 10.6. The molecule has 0 unspecified atom stereocenters. The molecule has 0 heterocycles. The van der Waals surface area contributed by atoms with Gasteiger partial charge in [-0.2, -0.15) is 0 Å². The van der Waals surface area contributed by atoms with Crippen LogP contribution in [0.2, 0.25) is 6.04 Å². The van der Waals surface area contributed by atoms with Crippen molar-refractivity contribution in [3.05, 3.63) is 12.7 Å². The van der Waals surface area contributed by atoms with Crippen LogP contribution in [0, 0.1) is 0 Å². The van der Waals surface area contributed by atoms with E-state index in [-0.39, 0.29) is 13.2 Å². The van der Waals surface area contributed by atoms with Gasteiger partial charge in [0.2, 0.25) is 0 Å². The summed E-state index contributed by atoms with van der Waals surface area (Å²) in [4.78, 5) is 29.9. The molecule has 0 rings (SSSR count). The van der Waals surface area contributed by atoms with Gasteiger partial charge in [0, 0.05) is 26.2 Å². The molecule has 0 aromatic rings. The number of nitrogens with one attached hydrogen (secondary N) is 1. The van der Waals surface area contributed by atoms with Crippen LogP contribution in [0.1, 0.15) is 12.8 Å². The average molecular weight is 337 g/mol. The van der Waals surface area contributed by atoms with E-state index in [4.69, 9.17) is 13.9 Å². The Morgan fingerprint density at radius 2 is 1.73 bits per heavy atom. The van der Waals surface area contributed by atoms with Crippen LogP contribution in [0.25, 0.3) is 0 Å². The Bertz CT molecular complexity index is 288. The van der Waals surface area contributed by atoms with Crippen LogP contribution in [-0.2, 0) is 28.5 Å². The summed E-state index contributed by atoms with van der Waals surface area (Å²) in [5.41, 5.74) is 0. The zero-order chi connectivity index (χ0) is 17.1. The molecule has 8 nitrogen and oxygen atoms in total. The Labute approximate surface area is 134 Å². The van der Waals surface area contributed by atoms with Crippen LogP contribution in [0.15, 0.2) is 12.7 Å². The first kappa shape index (κ1) is 22.9. The third-order valence-corrected chi connectivity index (χ3v) is 3.34. The summed E-state index contributed by atoms with van der Waals surface area (Å²) in [6.07, 6.45) is 2.04. The van der Waals surface area contributed by atoms with Crippen LogP contribution in [0.4, 0.5) is 4.79 Å². The van der Waals surface area contributed by atoms with Crippen LogP contribution in [0.3, 0.4) is 0 Å². The highest BCUT2D eigenvalue weighted by Gasteiger charge is 2.01. The van der Waals surface area contributed by atoms with Crippen molar-refractivity contribution >= 4 is 21.8 Å². The number of hydrogen-bond donors (Lipinski definition) is 1. The number of hydrogen-bond acceptors (Lipinski definition) is 7. The van der Waals surface area contributed by atoms with Crippen molar-refractivity contribution in [3.8, 4) is 0 Å². The minimum Gasteiger partial charge on any atom is -0.462 e. The van der Waals surface area contributed by atoms with Gasteiger partial charge in [-0.15, -0.1) is 0 Å². The van der Waals surface area contributed by atoms with E-state index >= 15 is 0 Å². The van der Waals surface area contributed by atoms with Gasteiger partial charge < -0.3 is 19.2 Å². The lowest BCUT2D eigenvalue weighted by Crippen LogP contribution is -2.26. The summed E-state index contributed by atoms with van der Waals surface area (Å²) < 4.78 is 14.6. The van der Waals surface area contributed by atoms with E-state index in [9.17, 15) is 9.59 Å². The molecule has 0 fully saturated rings. The van der Waals surface area contributed by atoms with Crippen molar-refractivity contribution in [1.29, 1.82) is 0 Å². The van der Waals surface area contributed by atoms with E-state index in [1.165, 1.54) is 14.2 Å². The standard InChI is InChI=1S/C11H21NO5Si.C2H6O2/c1-3-10(13)16-7-5-8-17-11(14)12-6-4-9-18-15-2;1-3-4-2/h3H,1,4-9,18H2,2H3,(H,12,14);1-2H3. The van der Waals surface area contributed by atoms with Crippen molar-refractivity contribution in [2.24, 2.45) is 0 Å². The molecule has 0 bridgehead atoms. The number of carbonyl (C=O) groups excluding carboxylic acids is 2. The summed E-state index contributed by atoms with van der Waals surface area (Å²) in [6, 6.07) is 1.04. The molecule has 0 aliphatic heterocycles. The molecule has 1 amide bonds. The van der Waals surface area contributed by atoms with Gasteiger partial charge in [-0.3, -0.25) is 0 Å². The summed E-state index contributed by atoms with van der Waals surface area (Å²) >= 11 is 0. The second kappa shape index (κ2) is 19.6. The van der Waals surface area contributed by atoms with Crippen LogP contribution in [-0.4, -0.2) is 62.9 Å². The van der Waals surface area contributed by atoms with Crippen molar-refractivity contribution in [3.63, 3.8) is 0 Å². The van der Waals surface area contributed by atoms with E-state index in [1.54, 1.807) is 7.11 Å². The third-order valence-electron chi connectivity index (χ3n) is 2.14. The Hall–Kier alpha value is -1.42. The quantitative estimate of drug-likeness (QED) is 0.147. The maximum absolute atomic E-state index is 11.2. The zero-order valence-electron chi connectivity index (χ0n) is 13.6. The number of esters is 1. The average Bonchev–Trinajstić information content (AvgIpc) is 2.54. The lowest BCUT2D eigenvalue weighted by Gasteiger charge is -2.06. The molecule has 22 heavy (non-hydrogen) atoms. The first-order valence-corrected chi connectivity index (χ1v) is 8.45.